The number of amides is 1. The molecule has 154 valence electrons. The second kappa shape index (κ2) is 8.82. The first-order chi connectivity index (χ1) is 13.8. The van der Waals surface area contributed by atoms with Gasteiger partial charge in [-0.25, -0.2) is 4.68 Å². The first-order valence-electron chi connectivity index (χ1n) is 9.78. The number of halogens is 1. The molecule has 0 saturated heterocycles. The highest BCUT2D eigenvalue weighted by Crippen LogP contribution is 2.34. The van der Waals surface area contributed by atoms with Crippen LogP contribution in [0.5, 0.6) is 0 Å². The lowest BCUT2D eigenvalue weighted by atomic mass is 9.95. The molecule has 1 heterocycles. The van der Waals surface area contributed by atoms with Crippen LogP contribution in [0.2, 0.25) is 5.02 Å². The number of hydrogen-bond donors (Lipinski definition) is 2. The predicted molar refractivity (Wildman–Crippen MR) is 113 cm³/mol. The maximum absolute atomic E-state index is 12.0. The number of carbonyl (C=O) groups is 2. The zero-order chi connectivity index (χ0) is 21.1. The summed E-state index contributed by atoms with van der Waals surface area (Å²) >= 11 is 6.09. The van der Waals surface area contributed by atoms with Crippen molar-refractivity contribution in [3.8, 4) is 5.69 Å². The molecule has 1 aliphatic rings. The van der Waals surface area contributed by atoms with Crippen molar-refractivity contribution in [2.45, 2.75) is 58.4 Å². The average Bonchev–Trinajstić information content (AvgIpc) is 3.18. The van der Waals surface area contributed by atoms with Crippen LogP contribution in [0.3, 0.4) is 0 Å². The molecule has 0 bridgehead atoms. The molecule has 1 aliphatic carbocycles. The van der Waals surface area contributed by atoms with Crippen LogP contribution in [0.25, 0.3) is 5.69 Å². The Morgan fingerprint density at radius 3 is 2.69 bits per heavy atom. The number of hydrogen-bond acceptors (Lipinski definition) is 3. The lowest BCUT2D eigenvalue weighted by Crippen LogP contribution is -2.32. The van der Waals surface area contributed by atoms with E-state index in [1.807, 2.05) is 42.8 Å². The summed E-state index contributed by atoms with van der Waals surface area (Å²) in [6, 6.07) is 5.73. The van der Waals surface area contributed by atoms with Crippen LogP contribution in [-0.4, -0.2) is 32.8 Å². The van der Waals surface area contributed by atoms with E-state index in [9.17, 15) is 9.59 Å². The van der Waals surface area contributed by atoms with Gasteiger partial charge in [-0.3, -0.25) is 9.59 Å². The Balaban J connectivity index is 1.69. The molecule has 1 aromatic heterocycles. The van der Waals surface area contributed by atoms with Crippen LogP contribution < -0.4 is 5.32 Å². The predicted octanol–water partition coefficient (Wildman–Crippen LogP) is 4.23. The first kappa shape index (κ1) is 21.1. The van der Waals surface area contributed by atoms with E-state index in [4.69, 9.17) is 21.8 Å². The summed E-state index contributed by atoms with van der Waals surface area (Å²) in [6.45, 7) is 6.09. The normalized spacial score (nSPS) is 18.2. The molecule has 29 heavy (non-hydrogen) atoms. The maximum atomic E-state index is 12.0. The van der Waals surface area contributed by atoms with Crippen LogP contribution >= 0.6 is 11.6 Å². The summed E-state index contributed by atoms with van der Waals surface area (Å²) < 4.78 is 1.96. The van der Waals surface area contributed by atoms with Crippen molar-refractivity contribution in [3.63, 3.8) is 0 Å². The molecular weight excluding hydrogens is 390 g/mol. The summed E-state index contributed by atoms with van der Waals surface area (Å²) in [4.78, 5) is 22.6. The van der Waals surface area contributed by atoms with E-state index < -0.39 is 5.97 Å². The molecule has 2 unspecified atom stereocenters. The van der Waals surface area contributed by atoms with Gasteiger partial charge in [-0.05, 0) is 57.4 Å². The first-order valence-corrected chi connectivity index (χ1v) is 10.2. The monoisotopic (exact) mass is 415 g/mol. The van der Waals surface area contributed by atoms with Gasteiger partial charge in [0.25, 0.3) is 0 Å². The van der Waals surface area contributed by atoms with Gasteiger partial charge in [0, 0.05) is 41.1 Å². The standard InChI is InChI=1S/C22H26ClN3O3/c1-13-11-17(23)8-10-19(13)26-15(3)22(14(2)25-26)16-7-9-18(12-16)24-20(27)5-4-6-21(28)29/h7-11,16,18H,4-6,12H2,1-3H3,(H,24,27)(H,28,29). The molecule has 2 aromatic rings. The number of nitrogens with zero attached hydrogens (tertiary/aromatic N) is 2. The average molecular weight is 416 g/mol. The number of aryl methyl sites for hydroxylation is 2. The van der Waals surface area contributed by atoms with Crippen molar-refractivity contribution < 1.29 is 14.7 Å². The lowest BCUT2D eigenvalue weighted by Gasteiger charge is -2.15. The molecule has 1 aromatic carbocycles. The van der Waals surface area contributed by atoms with E-state index in [1.54, 1.807) is 0 Å². The van der Waals surface area contributed by atoms with Gasteiger partial charge >= 0.3 is 5.97 Å². The fraction of sp³-hybridized carbons (Fsp3) is 0.409. The Kier molecular flexibility index (Phi) is 6.42. The lowest BCUT2D eigenvalue weighted by molar-refractivity contribution is -0.137. The summed E-state index contributed by atoms with van der Waals surface area (Å²) in [5.74, 6) is -0.805. The zero-order valence-electron chi connectivity index (χ0n) is 16.9. The topological polar surface area (TPSA) is 84.2 Å². The van der Waals surface area contributed by atoms with Crippen molar-refractivity contribution in [1.82, 2.24) is 15.1 Å². The largest absolute Gasteiger partial charge is 0.481 e. The van der Waals surface area contributed by atoms with Crippen molar-refractivity contribution in [2.75, 3.05) is 0 Å². The van der Waals surface area contributed by atoms with Gasteiger partial charge in [-0.15, -0.1) is 0 Å². The van der Waals surface area contributed by atoms with E-state index in [2.05, 4.69) is 18.3 Å². The number of carbonyl (C=O) groups excluding carboxylic acids is 1. The van der Waals surface area contributed by atoms with Crippen LogP contribution in [0.4, 0.5) is 0 Å². The number of aromatic nitrogens is 2. The Bertz CT molecular complexity index is 964. The van der Waals surface area contributed by atoms with Gasteiger partial charge < -0.3 is 10.4 Å². The third kappa shape index (κ3) is 4.88. The van der Waals surface area contributed by atoms with E-state index in [0.717, 1.165) is 29.1 Å². The van der Waals surface area contributed by atoms with Crippen LogP contribution in [0.1, 0.15) is 54.1 Å². The summed E-state index contributed by atoms with van der Waals surface area (Å²) in [5.41, 5.74) is 5.30. The summed E-state index contributed by atoms with van der Waals surface area (Å²) in [7, 11) is 0. The third-order valence-corrected chi connectivity index (χ3v) is 5.56. The van der Waals surface area contributed by atoms with Crippen LogP contribution in [-0.2, 0) is 9.59 Å². The SMILES string of the molecule is Cc1cc(Cl)ccc1-n1nc(C)c(C2C=CC(NC(=O)CCCC(=O)O)C2)c1C. The highest BCUT2D eigenvalue weighted by atomic mass is 35.5. The quantitative estimate of drug-likeness (QED) is 0.662. The number of rotatable bonds is 7. The van der Waals surface area contributed by atoms with Crippen LogP contribution in [0.15, 0.2) is 30.4 Å². The van der Waals surface area contributed by atoms with Crippen molar-refractivity contribution in [1.29, 1.82) is 0 Å². The number of carboxylic acids is 1. The molecule has 0 radical (unpaired) electrons. The molecule has 2 N–H and O–H groups in total. The summed E-state index contributed by atoms with van der Waals surface area (Å²) in [6.07, 6.45) is 5.51. The van der Waals surface area contributed by atoms with Gasteiger partial charge in [-0.2, -0.15) is 5.10 Å². The Morgan fingerprint density at radius 1 is 1.24 bits per heavy atom. The minimum Gasteiger partial charge on any atom is -0.481 e. The van der Waals surface area contributed by atoms with Gasteiger partial charge in [-0.1, -0.05) is 23.8 Å². The number of carboxylic acid groups (broad SMARTS) is 1. The molecule has 0 saturated carbocycles. The third-order valence-electron chi connectivity index (χ3n) is 5.33. The molecular formula is C22H26ClN3O3. The van der Waals surface area contributed by atoms with Crippen molar-refractivity contribution in [3.05, 3.63) is 57.9 Å². The highest BCUT2D eigenvalue weighted by molar-refractivity contribution is 6.30. The van der Waals surface area contributed by atoms with Crippen molar-refractivity contribution in [2.24, 2.45) is 0 Å². The fourth-order valence-electron chi connectivity index (χ4n) is 3.98. The smallest absolute Gasteiger partial charge is 0.303 e. The minimum absolute atomic E-state index is 0.0121. The maximum Gasteiger partial charge on any atom is 0.303 e. The van der Waals surface area contributed by atoms with E-state index >= 15 is 0 Å². The number of aliphatic carboxylic acids is 1. The minimum atomic E-state index is -0.877. The molecule has 0 aliphatic heterocycles. The molecule has 2 atom stereocenters. The second-order valence-corrected chi connectivity index (χ2v) is 8.01. The molecule has 6 nitrogen and oxygen atoms in total. The molecule has 0 fully saturated rings. The number of nitrogens with one attached hydrogen (secondary N) is 1. The molecule has 1 amide bonds. The Morgan fingerprint density at radius 2 is 2.00 bits per heavy atom. The highest BCUT2D eigenvalue weighted by Gasteiger charge is 2.27. The Hall–Kier alpha value is -2.60. The van der Waals surface area contributed by atoms with Crippen molar-refractivity contribution >= 4 is 23.5 Å². The second-order valence-electron chi connectivity index (χ2n) is 7.58. The van der Waals surface area contributed by atoms with E-state index in [-0.39, 0.29) is 30.7 Å². The number of allylic oxidation sites excluding steroid dienone is 1. The van der Waals surface area contributed by atoms with Gasteiger partial charge in [0.05, 0.1) is 11.4 Å². The molecule has 0 spiro atoms. The molecule has 7 heteroatoms. The van der Waals surface area contributed by atoms with Gasteiger partial charge in [0.1, 0.15) is 0 Å². The summed E-state index contributed by atoms with van der Waals surface area (Å²) in [5, 5.41) is 17.1. The fourth-order valence-corrected chi connectivity index (χ4v) is 4.21. The van der Waals surface area contributed by atoms with Crippen LogP contribution in [0, 0.1) is 20.8 Å². The van der Waals surface area contributed by atoms with E-state index in [0.29, 0.717) is 11.4 Å². The Labute approximate surface area is 175 Å². The van der Waals surface area contributed by atoms with Gasteiger partial charge in [0.2, 0.25) is 5.91 Å². The zero-order valence-corrected chi connectivity index (χ0v) is 17.7. The number of benzene rings is 1. The van der Waals surface area contributed by atoms with Gasteiger partial charge in [0.15, 0.2) is 0 Å². The van der Waals surface area contributed by atoms with E-state index in [1.165, 1.54) is 5.56 Å². The molecule has 3 rings (SSSR count).